The predicted octanol–water partition coefficient (Wildman–Crippen LogP) is 2.85. The van der Waals surface area contributed by atoms with Crippen LogP contribution in [0, 0.1) is 0 Å². The van der Waals surface area contributed by atoms with E-state index in [4.69, 9.17) is 10.5 Å². The zero-order chi connectivity index (χ0) is 15.1. The second kappa shape index (κ2) is 7.81. The first-order chi connectivity index (χ1) is 10.2. The molecule has 112 valence electrons. The van der Waals surface area contributed by atoms with Crippen LogP contribution in [0.2, 0.25) is 0 Å². The quantitative estimate of drug-likeness (QED) is 0.788. The lowest BCUT2D eigenvalue weighted by atomic mass is 10.1. The molecule has 0 aliphatic carbocycles. The van der Waals surface area contributed by atoms with Gasteiger partial charge in [-0.05, 0) is 35.6 Å². The highest BCUT2D eigenvalue weighted by molar-refractivity contribution is 7.10. The van der Waals surface area contributed by atoms with Crippen molar-refractivity contribution in [2.45, 2.75) is 25.9 Å². The highest BCUT2D eigenvalue weighted by Crippen LogP contribution is 2.22. The third kappa shape index (κ3) is 4.88. The highest BCUT2D eigenvalue weighted by Gasteiger charge is 2.09. The van der Waals surface area contributed by atoms with Crippen molar-refractivity contribution in [3.05, 3.63) is 52.2 Å². The van der Waals surface area contributed by atoms with E-state index in [-0.39, 0.29) is 6.61 Å². The second-order valence-electron chi connectivity index (χ2n) is 4.76. The van der Waals surface area contributed by atoms with Crippen LogP contribution >= 0.6 is 11.3 Å². The minimum absolute atomic E-state index is 0.0894. The van der Waals surface area contributed by atoms with Gasteiger partial charge in [-0.2, -0.15) is 0 Å². The molecule has 0 aliphatic rings. The fourth-order valence-corrected chi connectivity index (χ4v) is 2.92. The van der Waals surface area contributed by atoms with Crippen LogP contribution in [0.3, 0.4) is 0 Å². The predicted molar refractivity (Wildman–Crippen MR) is 85.3 cm³/mol. The van der Waals surface area contributed by atoms with Gasteiger partial charge in [-0.3, -0.25) is 4.79 Å². The molecule has 2 rings (SSSR count). The van der Waals surface area contributed by atoms with Gasteiger partial charge in [0.2, 0.25) is 0 Å². The van der Waals surface area contributed by atoms with E-state index in [1.807, 2.05) is 24.3 Å². The van der Waals surface area contributed by atoms with E-state index >= 15 is 0 Å². The molecule has 21 heavy (non-hydrogen) atoms. The summed E-state index contributed by atoms with van der Waals surface area (Å²) in [5.41, 5.74) is 6.22. The Labute approximate surface area is 128 Å². The summed E-state index contributed by atoms with van der Waals surface area (Å²) in [5, 5.41) is 5.66. The summed E-state index contributed by atoms with van der Waals surface area (Å²) in [6.45, 7) is 2.89. The molecule has 0 radical (unpaired) electrons. The molecular formula is C16H20N2O2S. The van der Waals surface area contributed by atoms with Gasteiger partial charge in [0.25, 0.3) is 5.91 Å². The molecule has 4 nitrogen and oxygen atoms in total. The number of rotatable bonds is 8. The van der Waals surface area contributed by atoms with Crippen LogP contribution in [0.25, 0.3) is 0 Å². The van der Waals surface area contributed by atoms with Gasteiger partial charge in [0.05, 0.1) is 0 Å². The summed E-state index contributed by atoms with van der Waals surface area (Å²) in [5.74, 6) is 0.185. The summed E-state index contributed by atoms with van der Waals surface area (Å²) in [4.78, 5) is 12.0. The zero-order valence-electron chi connectivity index (χ0n) is 12.0. The topological polar surface area (TPSA) is 64.3 Å². The third-order valence-corrected chi connectivity index (χ3v) is 4.14. The average molecular weight is 304 g/mol. The molecule has 0 saturated carbocycles. The molecule has 3 N–H and O–H groups in total. The van der Waals surface area contributed by atoms with E-state index in [1.54, 1.807) is 11.3 Å². The lowest BCUT2D eigenvalue weighted by molar-refractivity contribution is -0.119. The molecule has 0 fully saturated rings. The Kier molecular flexibility index (Phi) is 5.78. The fourth-order valence-electron chi connectivity index (χ4n) is 2.03. The number of benzene rings is 1. The maximum atomic E-state index is 10.7. The van der Waals surface area contributed by atoms with Crippen molar-refractivity contribution < 1.29 is 9.53 Å². The molecule has 1 aromatic carbocycles. The smallest absolute Gasteiger partial charge is 0.255 e. The van der Waals surface area contributed by atoms with Crippen molar-refractivity contribution in [1.82, 2.24) is 5.32 Å². The maximum Gasteiger partial charge on any atom is 0.255 e. The van der Waals surface area contributed by atoms with Crippen LogP contribution < -0.4 is 15.8 Å². The number of primary amides is 1. The Bertz CT molecular complexity index is 552. The Hall–Kier alpha value is -1.85. The zero-order valence-corrected chi connectivity index (χ0v) is 12.9. The van der Waals surface area contributed by atoms with Crippen LogP contribution in [0.5, 0.6) is 5.75 Å². The van der Waals surface area contributed by atoms with Crippen LogP contribution in [0.4, 0.5) is 0 Å². The summed E-state index contributed by atoms with van der Waals surface area (Å²) in [6, 6.07) is 12.3. The molecule has 1 aromatic heterocycles. The lowest BCUT2D eigenvalue weighted by Crippen LogP contribution is -2.20. The number of hydrogen-bond donors (Lipinski definition) is 2. The fraction of sp³-hybridized carbons (Fsp3) is 0.312. The molecule has 0 saturated heterocycles. The van der Waals surface area contributed by atoms with Gasteiger partial charge in [-0.25, -0.2) is 0 Å². The van der Waals surface area contributed by atoms with E-state index in [9.17, 15) is 4.79 Å². The van der Waals surface area contributed by atoms with E-state index in [0.29, 0.717) is 11.8 Å². The van der Waals surface area contributed by atoms with Gasteiger partial charge in [-0.1, -0.05) is 25.1 Å². The molecule has 1 heterocycles. The van der Waals surface area contributed by atoms with Gasteiger partial charge >= 0.3 is 0 Å². The first-order valence-electron chi connectivity index (χ1n) is 6.96. The average Bonchev–Trinajstić information content (AvgIpc) is 3.01. The second-order valence-corrected chi connectivity index (χ2v) is 5.74. The van der Waals surface area contributed by atoms with E-state index in [0.717, 1.165) is 13.0 Å². The van der Waals surface area contributed by atoms with Crippen LogP contribution in [-0.4, -0.2) is 12.5 Å². The molecular weight excluding hydrogens is 284 g/mol. The van der Waals surface area contributed by atoms with E-state index < -0.39 is 5.91 Å². The number of carbonyl (C=O) groups is 1. The lowest BCUT2D eigenvalue weighted by Gasteiger charge is -2.15. The minimum Gasteiger partial charge on any atom is -0.484 e. The number of nitrogens with two attached hydrogens (primary N) is 1. The van der Waals surface area contributed by atoms with E-state index in [2.05, 4.69) is 29.8 Å². The van der Waals surface area contributed by atoms with Crippen LogP contribution in [0.1, 0.15) is 29.8 Å². The van der Waals surface area contributed by atoms with Crippen LogP contribution in [-0.2, 0) is 11.3 Å². The normalized spacial score (nSPS) is 12.0. The third-order valence-electron chi connectivity index (χ3n) is 3.15. The van der Waals surface area contributed by atoms with Gasteiger partial charge in [0.1, 0.15) is 5.75 Å². The number of hydrogen-bond acceptors (Lipinski definition) is 4. The van der Waals surface area contributed by atoms with Crippen molar-refractivity contribution in [3.63, 3.8) is 0 Å². The molecule has 0 aliphatic heterocycles. The summed E-state index contributed by atoms with van der Waals surface area (Å²) < 4.78 is 5.23. The van der Waals surface area contributed by atoms with Gasteiger partial charge in [0.15, 0.2) is 6.61 Å². The van der Waals surface area contributed by atoms with Gasteiger partial charge < -0.3 is 15.8 Å². The molecule has 0 spiro atoms. The Morgan fingerprint density at radius 3 is 2.67 bits per heavy atom. The standard InChI is InChI=1S/C16H20N2O2S/c1-2-14(15-4-3-9-21-15)18-10-12-5-7-13(8-6-12)20-11-16(17)19/h3-9,14,18H,2,10-11H2,1H3,(H2,17,19). The molecule has 1 amide bonds. The summed E-state index contributed by atoms with van der Waals surface area (Å²) in [7, 11) is 0. The minimum atomic E-state index is -0.470. The van der Waals surface area contributed by atoms with Crippen molar-refractivity contribution in [3.8, 4) is 5.75 Å². The highest BCUT2D eigenvalue weighted by atomic mass is 32.1. The summed E-state index contributed by atoms with van der Waals surface area (Å²) >= 11 is 1.78. The monoisotopic (exact) mass is 304 g/mol. The number of amides is 1. The molecule has 1 unspecified atom stereocenters. The molecule has 2 aromatic rings. The molecule has 1 atom stereocenters. The van der Waals surface area contributed by atoms with Crippen molar-refractivity contribution in [2.24, 2.45) is 5.73 Å². The Morgan fingerprint density at radius 1 is 1.33 bits per heavy atom. The van der Waals surface area contributed by atoms with Crippen molar-refractivity contribution in [2.75, 3.05) is 6.61 Å². The van der Waals surface area contributed by atoms with Crippen molar-refractivity contribution >= 4 is 17.2 Å². The first kappa shape index (κ1) is 15.5. The summed E-state index contributed by atoms with van der Waals surface area (Å²) in [6.07, 6.45) is 1.06. The van der Waals surface area contributed by atoms with E-state index in [1.165, 1.54) is 10.4 Å². The number of thiophene rings is 1. The Morgan fingerprint density at radius 2 is 2.10 bits per heavy atom. The molecule has 0 bridgehead atoms. The van der Waals surface area contributed by atoms with Crippen molar-refractivity contribution in [1.29, 1.82) is 0 Å². The number of carbonyl (C=O) groups excluding carboxylic acids is 1. The SMILES string of the molecule is CCC(NCc1ccc(OCC(N)=O)cc1)c1cccs1. The van der Waals surface area contributed by atoms with Gasteiger partial charge in [0, 0.05) is 17.5 Å². The molecule has 5 heteroatoms. The number of nitrogens with one attached hydrogen (secondary N) is 1. The maximum absolute atomic E-state index is 10.7. The largest absolute Gasteiger partial charge is 0.484 e. The van der Waals surface area contributed by atoms with Crippen LogP contribution in [0.15, 0.2) is 41.8 Å². The van der Waals surface area contributed by atoms with Gasteiger partial charge in [-0.15, -0.1) is 11.3 Å². The number of ether oxygens (including phenoxy) is 1. The first-order valence-corrected chi connectivity index (χ1v) is 7.84. The Balaban J connectivity index is 1.86.